The van der Waals surface area contributed by atoms with Gasteiger partial charge in [-0.3, -0.25) is 0 Å². The van der Waals surface area contributed by atoms with Gasteiger partial charge in [-0.15, -0.1) is 0 Å². The number of ether oxygens (including phenoxy) is 2. The highest BCUT2D eigenvalue weighted by Gasteiger charge is 2.33. The van der Waals surface area contributed by atoms with Gasteiger partial charge in [0.05, 0.1) is 13.2 Å². The molecule has 0 atom stereocenters. The van der Waals surface area contributed by atoms with Gasteiger partial charge in [0.2, 0.25) is 10.0 Å². The minimum Gasteiger partial charge on any atom is -0.493 e. The molecule has 0 amide bonds. The van der Waals surface area contributed by atoms with Crippen LogP contribution in [0.2, 0.25) is 0 Å². The third kappa shape index (κ3) is 2.27. The number of nitrogens with one attached hydrogen (secondary N) is 1. The molecule has 20 heavy (non-hydrogen) atoms. The van der Waals surface area contributed by atoms with E-state index in [2.05, 4.69) is 4.72 Å². The van der Waals surface area contributed by atoms with Crippen molar-refractivity contribution in [2.45, 2.75) is 37.5 Å². The van der Waals surface area contributed by atoms with E-state index in [1.165, 1.54) is 0 Å². The van der Waals surface area contributed by atoms with Crippen molar-refractivity contribution in [1.29, 1.82) is 0 Å². The Morgan fingerprint density at radius 2 is 2.05 bits per heavy atom. The lowest BCUT2D eigenvalue weighted by molar-refractivity contribution is 0.347. The van der Waals surface area contributed by atoms with Crippen molar-refractivity contribution in [3.05, 3.63) is 17.2 Å². The fourth-order valence-electron chi connectivity index (χ4n) is 2.68. The zero-order chi connectivity index (χ0) is 14.2. The summed E-state index contributed by atoms with van der Waals surface area (Å²) in [5.41, 5.74) is 1.69. The van der Waals surface area contributed by atoms with E-state index in [-0.39, 0.29) is 0 Å². The molecular formula is C14H19NO4S. The van der Waals surface area contributed by atoms with Gasteiger partial charge in [-0.1, -0.05) is 13.3 Å². The summed E-state index contributed by atoms with van der Waals surface area (Å²) in [7, 11) is -3.54. The van der Waals surface area contributed by atoms with Gasteiger partial charge in [0.1, 0.15) is 16.4 Å². The third-order valence-corrected chi connectivity index (χ3v) is 5.25. The average Bonchev–Trinajstić information content (AvgIpc) is 3.03. The van der Waals surface area contributed by atoms with Crippen LogP contribution in [0.25, 0.3) is 0 Å². The molecular weight excluding hydrogens is 278 g/mol. The second-order valence-corrected chi connectivity index (χ2v) is 6.82. The molecule has 0 saturated carbocycles. The van der Waals surface area contributed by atoms with E-state index in [1.807, 2.05) is 13.0 Å². The molecule has 0 aliphatic carbocycles. The summed E-state index contributed by atoms with van der Waals surface area (Å²) in [6, 6.07) is 1.93. The summed E-state index contributed by atoms with van der Waals surface area (Å²) >= 11 is 0. The molecule has 0 bridgehead atoms. The number of hydrogen-bond donors (Lipinski definition) is 1. The fraction of sp³-hybridized carbons (Fsp3) is 0.571. The van der Waals surface area contributed by atoms with Gasteiger partial charge in [-0.2, -0.15) is 0 Å². The van der Waals surface area contributed by atoms with Gasteiger partial charge in [-0.05, 0) is 12.5 Å². The van der Waals surface area contributed by atoms with Crippen LogP contribution in [0.1, 0.15) is 30.9 Å². The van der Waals surface area contributed by atoms with E-state index in [9.17, 15) is 8.42 Å². The van der Waals surface area contributed by atoms with Crippen LogP contribution in [-0.4, -0.2) is 28.2 Å². The van der Waals surface area contributed by atoms with Crippen molar-refractivity contribution >= 4 is 10.0 Å². The highest BCUT2D eigenvalue weighted by Crippen LogP contribution is 2.42. The maximum absolute atomic E-state index is 12.6. The van der Waals surface area contributed by atoms with Gasteiger partial charge in [0, 0.05) is 30.5 Å². The molecule has 0 radical (unpaired) electrons. The lowest BCUT2D eigenvalue weighted by Gasteiger charge is -2.14. The molecule has 2 aliphatic rings. The van der Waals surface area contributed by atoms with Crippen LogP contribution >= 0.6 is 0 Å². The third-order valence-electron chi connectivity index (χ3n) is 3.69. The molecule has 2 aliphatic heterocycles. The van der Waals surface area contributed by atoms with Crippen LogP contribution in [-0.2, 0) is 22.9 Å². The molecule has 0 spiro atoms. The number of rotatable bonds is 5. The monoisotopic (exact) mass is 297 g/mol. The van der Waals surface area contributed by atoms with Crippen LogP contribution in [0.5, 0.6) is 11.5 Å². The van der Waals surface area contributed by atoms with E-state index in [4.69, 9.17) is 9.47 Å². The summed E-state index contributed by atoms with van der Waals surface area (Å²) < 4.78 is 38.9. The second kappa shape index (κ2) is 5.26. The van der Waals surface area contributed by atoms with Crippen molar-refractivity contribution in [2.24, 2.45) is 0 Å². The van der Waals surface area contributed by atoms with Crippen LogP contribution in [0.3, 0.4) is 0 Å². The number of benzene rings is 1. The molecule has 2 heterocycles. The van der Waals surface area contributed by atoms with Gasteiger partial charge in [0.15, 0.2) is 0 Å². The smallest absolute Gasteiger partial charge is 0.244 e. The summed E-state index contributed by atoms with van der Waals surface area (Å²) in [4.78, 5) is 0.302. The quantitative estimate of drug-likeness (QED) is 0.839. The van der Waals surface area contributed by atoms with E-state index in [0.717, 1.165) is 30.4 Å². The highest BCUT2D eigenvalue weighted by molar-refractivity contribution is 7.89. The first-order valence-corrected chi connectivity index (χ1v) is 8.56. The molecule has 1 N–H and O–H groups in total. The Kier molecular flexibility index (Phi) is 3.60. The van der Waals surface area contributed by atoms with Crippen molar-refractivity contribution in [3.63, 3.8) is 0 Å². The zero-order valence-corrected chi connectivity index (χ0v) is 12.4. The number of sulfonamides is 1. The van der Waals surface area contributed by atoms with Crippen LogP contribution in [0, 0.1) is 0 Å². The second-order valence-electron chi connectivity index (χ2n) is 5.12. The first-order valence-electron chi connectivity index (χ1n) is 7.07. The van der Waals surface area contributed by atoms with E-state index in [1.54, 1.807) is 0 Å². The maximum atomic E-state index is 12.6. The predicted octanol–water partition coefficient (Wildman–Crippen LogP) is 1.63. The minimum atomic E-state index is -3.54. The van der Waals surface area contributed by atoms with Gasteiger partial charge in [-0.25, -0.2) is 13.1 Å². The molecule has 0 aromatic heterocycles. The molecule has 3 rings (SSSR count). The van der Waals surface area contributed by atoms with E-state index >= 15 is 0 Å². The SMILES string of the molecule is CCCCNS(=O)(=O)c1c2c(cc3c1OCC3)OCC2. The minimum absolute atomic E-state index is 0.302. The molecule has 5 nitrogen and oxygen atoms in total. The van der Waals surface area contributed by atoms with Gasteiger partial charge < -0.3 is 9.47 Å². The molecule has 1 aromatic rings. The predicted molar refractivity (Wildman–Crippen MR) is 74.9 cm³/mol. The summed E-state index contributed by atoms with van der Waals surface area (Å²) in [5.74, 6) is 1.23. The molecule has 6 heteroatoms. The topological polar surface area (TPSA) is 64.6 Å². The van der Waals surface area contributed by atoms with E-state index in [0.29, 0.717) is 42.6 Å². The van der Waals surface area contributed by atoms with Crippen LogP contribution < -0.4 is 14.2 Å². The zero-order valence-electron chi connectivity index (χ0n) is 11.6. The summed E-state index contributed by atoms with van der Waals surface area (Å²) in [6.45, 7) is 3.56. The van der Waals surface area contributed by atoms with Crippen LogP contribution in [0.4, 0.5) is 0 Å². The first-order chi connectivity index (χ1) is 9.63. The van der Waals surface area contributed by atoms with Crippen molar-refractivity contribution in [1.82, 2.24) is 4.72 Å². The Morgan fingerprint density at radius 3 is 2.85 bits per heavy atom. The molecule has 0 unspecified atom stereocenters. The molecule has 0 saturated heterocycles. The Balaban J connectivity index is 2.04. The molecule has 0 fully saturated rings. The van der Waals surface area contributed by atoms with Gasteiger partial charge >= 0.3 is 0 Å². The summed E-state index contributed by atoms with van der Waals surface area (Å²) in [6.07, 6.45) is 3.14. The Morgan fingerprint density at radius 1 is 1.25 bits per heavy atom. The maximum Gasteiger partial charge on any atom is 0.244 e. The largest absolute Gasteiger partial charge is 0.493 e. The van der Waals surface area contributed by atoms with Crippen LogP contribution in [0.15, 0.2) is 11.0 Å². The first kappa shape index (κ1) is 13.7. The van der Waals surface area contributed by atoms with Crippen molar-refractivity contribution in [3.8, 4) is 11.5 Å². The number of unbranched alkanes of at least 4 members (excludes halogenated alkanes) is 1. The Labute approximate surface area is 119 Å². The fourth-order valence-corrected chi connectivity index (χ4v) is 4.20. The number of hydrogen-bond acceptors (Lipinski definition) is 4. The Bertz CT molecular complexity index is 592. The number of fused-ring (bicyclic) bond motifs is 2. The van der Waals surface area contributed by atoms with Crippen molar-refractivity contribution in [2.75, 3.05) is 19.8 Å². The standard InChI is InChI=1S/C14H19NO4S/c1-2-3-6-15-20(16,17)14-11-5-8-18-12(11)9-10-4-7-19-13(10)14/h9,15H,2-8H2,1H3. The molecule has 1 aromatic carbocycles. The van der Waals surface area contributed by atoms with Gasteiger partial charge in [0.25, 0.3) is 0 Å². The average molecular weight is 297 g/mol. The molecule has 110 valence electrons. The lowest BCUT2D eigenvalue weighted by Crippen LogP contribution is -2.26. The summed E-state index contributed by atoms with van der Waals surface area (Å²) in [5, 5.41) is 0. The normalized spacial score (nSPS) is 16.4. The highest BCUT2D eigenvalue weighted by atomic mass is 32.2. The Hall–Kier alpha value is -1.27. The van der Waals surface area contributed by atoms with Crippen molar-refractivity contribution < 1.29 is 17.9 Å². The lowest BCUT2D eigenvalue weighted by atomic mass is 10.1. The van der Waals surface area contributed by atoms with E-state index < -0.39 is 10.0 Å².